The number of hydrogen-bond donors (Lipinski definition) is 1. The first-order valence-electron chi connectivity index (χ1n) is 6.83. The first kappa shape index (κ1) is 15.6. The third kappa shape index (κ3) is 4.11. The van der Waals surface area contributed by atoms with E-state index in [-0.39, 0.29) is 5.91 Å². The molecule has 1 fully saturated rings. The lowest BCUT2D eigenvalue weighted by atomic mass is 10.2. The number of rotatable bonds is 2. The van der Waals surface area contributed by atoms with Gasteiger partial charge < -0.3 is 15.0 Å². The first-order valence-corrected chi connectivity index (χ1v) is 7.20. The minimum atomic E-state index is -0.582. The van der Waals surface area contributed by atoms with Gasteiger partial charge in [-0.05, 0) is 51.5 Å². The Morgan fingerprint density at radius 3 is 2.52 bits per heavy atom. The van der Waals surface area contributed by atoms with Crippen molar-refractivity contribution >= 4 is 29.3 Å². The molecule has 114 valence electrons. The minimum absolute atomic E-state index is 0.136. The molecule has 1 aromatic carbocycles. The molecule has 1 aliphatic rings. The van der Waals surface area contributed by atoms with Crippen molar-refractivity contribution in [1.29, 1.82) is 0 Å². The van der Waals surface area contributed by atoms with Crippen LogP contribution in [0.2, 0.25) is 5.02 Å². The van der Waals surface area contributed by atoms with Gasteiger partial charge in [0, 0.05) is 17.3 Å². The normalized spacial score (nSPS) is 18.8. The fourth-order valence-corrected chi connectivity index (χ4v) is 2.27. The van der Waals surface area contributed by atoms with Crippen LogP contribution in [0.4, 0.5) is 10.5 Å². The van der Waals surface area contributed by atoms with Crippen LogP contribution in [-0.4, -0.2) is 30.2 Å². The highest BCUT2D eigenvalue weighted by Gasteiger charge is 2.34. The molecule has 1 N–H and O–H groups in total. The van der Waals surface area contributed by atoms with Crippen molar-refractivity contribution < 1.29 is 14.3 Å². The van der Waals surface area contributed by atoms with Crippen LogP contribution in [0.25, 0.3) is 0 Å². The van der Waals surface area contributed by atoms with E-state index >= 15 is 0 Å². The van der Waals surface area contributed by atoms with Gasteiger partial charge in [-0.2, -0.15) is 0 Å². The zero-order chi connectivity index (χ0) is 15.6. The van der Waals surface area contributed by atoms with Gasteiger partial charge in [0.2, 0.25) is 5.91 Å². The van der Waals surface area contributed by atoms with Gasteiger partial charge in [-0.15, -0.1) is 0 Å². The van der Waals surface area contributed by atoms with E-state index in [4.69, 9.17) is 16.3 Å². The zero-order valence-corrected chi connectivity index (χ0v) is 13.1. The number of carbonyl (C=O) groups is 2. The number of carbonyl (C=O) groups excluding carboxylic acids is 2. The summed E-state index contributed by atoms with van der Waals surface area (Å²) in [7, 11) is 0. The largest absolute Gasteiger partial charge is 0.444 e. The monoisotopic (exact) mass is 310 g/mol. The predicted octanol–water partition coefficient (Wildman–Crippen LogP) is 2.97. The average molecular weight is 311 g/mol. The van der Waals surface area contributed by atoms with Crippen molar-refractivity contribution in [3.63, 3.8) is 0 Å². The van der Waals surface area contributed by atoms with Crippen LogP contribution >= 0.6 is 11.6 Å². The maximum absolute atomic E-state index is 12.3. The van der Waals surface area contributed by atoms with Crippen LogP contribution in [-0.2, 0) is 9.53 Å². The molecule has 0 aliphatic carbocycles. The third-order valence-corrected chi connectivity index (χ3v) is 3.29. The molecule has 0 bridgehead atoms. The van der Waals surface area contributed by atoms with Gasteiger partial charge in [0.15, 0.2) is 0 Å². The number of benzene rings is 1. The van der Waals surface area contributed by atoms with Gasteiger partial charge in [-0.3, -0.25) is 4.79 Å². The molecule has 0 aromatic heterocycles. The lowest BCUT2D eigenvalue weighted by molar-refractivity contribution is -0.118. The van der Waals surface area contributed by atoms with E-state index in [0.29, 0.717) is 18.0 Å². The fourth-order valence-electron chi connectivity index (χ4n) is 2.14. The van der Waals surface area contributed by atoms with Crippen molar-refractivity contribution in [2.75, 3.05) is 11.4 Å². The number of halogens is 1. The van der Waals surface area contributed by atoms with E-state index < -0.39 is 17.7 Å². The Balaban J connectivity index is 1.98. The van der Waals surface area contributed by atoms with Crippen LogP contribution in [0.3, 0.4) is 0 Å². The van der Waals surface area contributed by atoms with E-state index in [1.54, 1.807) is 49.9 Å². The summed E-state index contributed by atoms with van der Waals surface area (Å²) < 4.78 is 5.17. The Hall–Kier alpha value is -1.75. The zero-order valence-electron chi connectivity index (χ0n) is 12.4. The number of amides is 2. The highest BCUT2D eigenvalue weighted by atomic mass is 35.5. The number of nitrogens with zero attached hydrogens (tertiary/aromatic N) is 1. The summed E-state index contributed by atoms with van der Waals surface area (Å²) in [6, 6.07) is 6.50. The second-order valence-corrected chi connectivity index (χ2v) is 6.39. The van der Waals surface area contributed by atoms with Crippen LogP contribution in [0.5, 0.6) is 0 Å². The van der Waals surface area contributed by atoms with Gasteiger partial charge in [0.25, 0.3) is 0 Å². The average Bonchev–Trinajstić information content (AvgIpc) is 2.70. The van der Waals surface area contributed by atoms with Crippen LogP contribution in [0, 0.1) is 0 Å². The molecule has 1 aromatic rings. The van der Waals surface area contributed by atoms with Crippen LogP contribution in [0.1, 0.15) is 27.2 Å². The molecule has 0 spiro atoms. The van der Waals surface area contributed by atoms with Crippen molar-refractivity contribution in [3.05, 3.63) is 29.3 Å². The number of anilines is 1. The molecule has 0 radical (unpaired) electrons. The quantitative estimate of drug-likeness (QED) is 0.913. The van der Waals surface area contributed by atoms with Crippen molar-refractivity contribution in [2.45, 2.75) is 38.8 Å². The minimum Gasteiger partial charge on any atom is -0.444 e. The van der Waals surface area contributed by atoms with Gasteiger partial charge in [0.05, 0.1) is 0 Å². The smallest absolute Gasteiger partial charge is 0.408 e. The molecular weight excluding hydrogens is 292 g/mol. The molecule has 0 unspecified atom stereocenters. The van der Waals surface area contributed by atoms with Gasteiger partial charge >= 0.3 is 6.09 Å². The second kappa shape index (κ2) is 5.93. The summed E-state index contributed by atoms with van der Waals surface area (Å²) in [6.07, 6.45) is -0.0143. The summed E-state index contributed by atoms with van der Waals surface area (Å²) in [5, 5.41) is 3.24. The van der Waals surface area contributed by atoms with Gasteiger partial charge in [-0.1, -0.05) is 11.6 Å². The second-order valence-electron chi connectivity index (χ2n) is 5.95. The third-order valence-electron chi connectivity index (χ3n) is 3.03. The Bertz CT molecular complexity index is 537. The molecule has 5 nitrogen and oxygen atoms in total. The molecular formula is C15H19ClN2O3. The SMILES string of the molecule is CC(C)(C)OC(=O)N[C@H]1CCN(c2ccc(Cl)cc2)C1=O. The maximum Gasteiger partial charge on any atom is 0.408 e. The Kier molecular flexibility index (Phi) is 4.42. The number of ether oxygens (including phenoxy) is 1. The molecule has 0 saturated carbocycles. The highest BCUT2D eigenvalue weighted by Crippen LogP contribution is 2.23. The molecule has 21 heavy (non-hydrogen) atoms. The molecule has 1 saturated heterocycles. The summed E-state index contributed by atoms with van der Waals surface area (Å²) in [5.74, 6) is -0.136. The summed E-state index contributed by atoms with van der Waals surface area (Å²) in [5.41, 5.74) is 0.194. The highest BCUT2D eigenvalue weighted by molar-refractivity contribution is 6.30. The number of nitrogens with one attached hydrogen (secondary N) is 1. The van der Waals surface area contributed by atoms with E-state index in [9.17, 15) is 9.59 Å². The topological polar surface area (TPSA) is 58.6 Å². The Labute approximate surface area is 129 Å². The lowest BCUT2D eigenvalue weighted by Crippen LogP contribution is -2.43. The standard InChI is InChI=1S/C15H19ClN2O3/c1-15(2,3)21-14(20)17-12-8-9-18(13(12)19)11-6-4-10(16)5-7-11/h4-7,12H,8-9H2,1-3H3,(H,17,20)/t12-/m0/s1. The number of hydrogen-bond acceptors (Lipinski definition) is 3. The van der Waals surface area contributed by atoms with E-state index in [1.165, 1.54) is 0 Å². The van der Waals surface area contributed by atoms with Crippen LogP contribution < -0.4 is 10.2 Å². The Morgan fingerprint density at radius 1 is 1.33 bits per heavy atom. The molecule has 1 atom stereocenters. The van der Waals surface area contributed by atoms with Crippen molar-refractivity contribution in [3.8, 4) is 0 Å². The fraction of sp³-hybridized carbons (Fsp3) is 0.467. The van der Waals surface area contributed by atoms with Gasteiger partial charge in [0.1, 0.15) is 11.6 Å². The maximum atomic E-state index is 12.3. The summed E-state index contributed by atoms with van der Waals surface area (Å²) in [4.78, 5) is 25.7. The Morgan fingerprint density at radius 2 is 1.95 bits per heavy atom. The van der Waals surface area contributed by atoms with E-state index in [1.807, 2.05) is 0 Å². The summed E-state index contributed by atoms with van der Waals surface area (Å²) >= 11 is 5.84. The van der Waals surface area contributed by atoms with Crippen LogP contribution in [0.15, 0.2) is 24.3 Å². The first-order chi connectivity index (χ1) is 9.76. The van der Waals surface area contributed by atoms with Crippen molar-refractivity contribution in [1.82, 2.24) is 5.32 Å². The van der Waals surface area contributed by atoms with Crippen molar-refractivity contribution in [2.24, 2.45) is 0 Å². The summed E-state index contributed by atoms with van der Waals surface area (Å²) in [6.45, 7) is 5.90. The molecule has 1 aliphatic heterocycles. The molecule has 1 heterocycles. The predicted molar refractivity (Wildman–Crippen MR) is 81.6 cm³/mol. The molecule has 2 amide bonds. The van der Waals surface area contributed by atoms with Gasteiger partial charge in [-0.25, -0.2) is 4.79 Å². The lowest BCUT2D eigenvalue weighted by Gasteiger charge is -2.21. The van der Waals surface area contributed by atoms with E-state index in [2.05, 4.69) is 5.32 Å². The number of alkyl carbamates (subject to hydrolysis) is 1. The van der Waals surface area contributed by atoms with E-state index in [0.717, 1.165) is 5.69 Å². The molecule has 2 rings (SSSR count). The molecule has 6 heteroatoms.